The van der Waals surface area contributed by atoms with E-state index in [0.29, 0.717) is 11.9 Å². The zero-order chi connectivity index (χ0) is 17.4. The Kier molecular flexibility index (Phi) is 4.31. The molecule has 3 aromatic heterocycles. The lowest BCUT2D eigenvalue weighted by molar-refractivity contribution is 0.396. The lowest BCUT2D eigenvalue weighted by atomic mass is 10.0. The molecule has 0 atom stereocenters. The second kappa shape index (κ2) is 6.27. The highest BCUT2D eigenvalue weighted by molar-refractivity contribution is 5.84. The summed E-state index contributed by atoms with van der Waals surface area (Å²) < 4.78 is 7.56. The number of fused-ring (bicyclic) bond motifs is 1. The van der Waals surface area contributed by atoms with Gasteiger partial charge in [-0.2, -0.15) is 0 Å². The highest BCUT2D eigenvalue weighted by Gasteiger charge is 2.16. The lowest BCUT2D eigenvalue weighted by Gasteiger charge is -2.13. The third-order valence-corrected chi connectivity index (χ3v) is 4.48. The van der Waals surface area contributed by atoms with E-state index in [-0.39, 0.29) is 0 Å². The van der Waals surface area contributed by atoms with Crippen molar-refractivity contribution in [2.75, 3.05) is 7.11 Å². The van der Waals surface area contributed by atoms with Gasteiger partial charge < -0.3 is 9.30 Å². The molecule has 3 aromatic rings. The van der Waals surface area contributed by atoms with Crippen molar-refractivity contribution < 1.29 is 4.74 Å². The summed E-state index contributed by atoms with van der Waals surface area (Å²) in [5.41, 5.74) is 7.77. The number of pyridine rings is 2. The van der Waals surface area contributed by atoms with Gasteiger partial charge in [-0.3, -0.25) is 0 Å². The number of methoxy groups -OCH3 is 1. The molecule has 0 bridgehead atoms. The minimum Gasteiger partial charge on any atom is -0.481 e. The zero-order valence-corrected chi connectivity index (χ0v) is 15.3. The van der Waals surface area contributed by atoms with Crippen LogP contribution in [0, 0.1) is 13.8 Å². The predicted molar refractivity (Wildman–Crippen MR) is 98.8 cm³/mol. The summed E-state index contributed by atoms with van der Waals surface area (Å²) in [6.07, 6.45) is 3.04. The van der Waals surface area contributed by atoms with Gasteiger partial charge in [-0.25, -0.2) is 9.97 Å². The van der Waals surface area contributed by atoms with Crippen molar-refractivity contribution in [3.8, 4) is 17.1 Å². The third kappa shape index (κ3) is 2.66. The van der Waals surface area contributed by atoms with Gasteiger partial charge in [0.1, 0.15) is 0 Å². The van der Waals surface area contributed by atoms with Gasteiger partial charge in [0.15, 0.2) is 0 Å². The molecule has 0 radical (unpaired) electrons. The monoisotopic (exact) mass is 323 g/mol. The van der Waals surface area contributed by atoms with Gasteiger partial charge in [0.05, 0.1) is 29.5 Å². The van der Waals surface area contributed by atoms with Gasteiger partial charge in [0, 0.05) is 23.9 Å². The Labute approximate surface area is 143 Å². The largest absolute Gasteiger partial charge is 0.481 e. The van der Waals surface area contributed by atoms with Gasteiger partial charge in [0.25, 0.3) is 0 Å². The minimum absolute atomic E-state index is 0.419. The van der Waals surface area contributed by atoms with Crippen molar-refractivity contribution in [3.63, 3.8) is 0 Å². The summed E-state index contributed by atoms with van der Waals surface area (Å²) in [5.74, 6) is 0.650. The molecule has 0 aliphatic rings. The smallest absolute Gasteiger partial charge is 0.213 e. The van der Waals surface area contributed by atoms with Crippen LogP contribution < -0.4 is 4.74 Å². The number of hydrogen-bond acceptors (Lipinski definition) is 3. The fourth-order valence-corrected chi connectivity index (χ4v) is 3.21. The Morgan fingerprint density at radius 3 is 2.50 bits per heavy atom. The fraction of sp³-hybridized carbons (Fsp3) is 0.400. The van der Waals surface area contributed by atoms with Crippen molar-refractivity contribution in [1.29, 1.82) is 0 Å². The Balaban J connectivity index is 2.24. The predicted octanol–water partition coefficient (Wildman–Crippen LogP) is 4.87. The molecule has 0 aliphatic carbocycles. The Morgan fingerprint density at radius 2 is 1.88 bits per heavy atom. The first kappa shape index (κ1) is 16.5. The van der Waals surface area contributed by atoms with E-state index in [2.05, 4.69) is 62.5 Å². The van der Waals surface area contributed by atoms with E-state index >= 15 is 0 Å². The number of rotatable bonds is 4. The van der Waals surface area contributed by atoms with E-state index in [1.165, 1.54) is 16.6 Å². The van der Waals surface area contributed by atoms with Crippen LogP contribution in [0.2, 0.25) is 0 Å². The zero-order valence-electron chi connectivity index (χ0n) is 15.3. The molecule has 0 aliphatic heterocycles. The number of nitrogens with zero attached hydrogens (tertiary/aromatic N) is 3. The van der Waals surface area contributed by atoms with Crippen LogP contribution in [0.1, 0.15) is 43.6 Å². The van der Waals surface area contributed by atoms with Crippen LogP contribution in [0.25, 0.3) is 22.3 Å². The maximum atomic E-state index is 5.26. The van der Waals surface area contributed by atoms with Gasteiger partial charge in [-0.05, 0) is 57.4 Å². The number of hydrogen-bond donors (Lipinski definition) is 0. The highest BCUT2D eigenvalue weighted by Crippen LogP contribution is 2.31. The van der Waals surface area contributed by atoms with E-state index in [1.54, 1.807) is 7.11 Å². The third-order valence-electron chi connectivity index (χ3n) is 4.48. The van der Waals surface area contributed by atoms with Gasteiger partial charge >= 0.3 is 0 Å². The Morgan fingerprint density at radius 1 is 1.12 bits per heavy atom. The van der Waals surface area contributed by atoms with Gasteiger partial charge in [-0.15, -0.1) is 0 Å². The van der Waals surface area contributed by atoms with Crippen LogP contribution in [0.5, 0.6) is 5.88 Å². The summed E-state index contributed by atoms with van der Waals surface area (Å²) in [5, 5.41) is 0. The Bertz CT molecular complexity index is 894. The topological polar surface area (TPSA) is 39.9 Å². The van der Waals surface area contributed by atoms with Crippen LogP contribution in [0.3, 0.4) is 0 Å². The first-order chi connectivity index (χ1) is 11.5. The molecule has 0 spiro atoms. The quantitative estimate of drug-likeness (QED) is 0.688. The molecule has 3 rings (SSSR count). The standard InChI is InChI=1S/C20H25N3O/c1-7-16-15(8-9-18(21-16)24-6)19-13(4)10-17-20(22-19)14(5)11-23(17)12(2)3/h8-12H,7H2,1-6H3. The molecule has 0 saturated heterocycles. The summed E-state index contributed by atoms with van der Waals surface area (Å²) in [4.78, 5) is 9.61. The maximum absolute atomic E-state index is 5.26. The van der Waals surface area contributed by atoms with Crippen LogP contribution in [0.4, 0.5) is 0 Å². The van der Waals surface area contributed by atoms with E-state index < -0.39 is 0 Å². The fourth-order valence-electron chi connectivity index (χ4n) is 3.21. The van der Waals surface area contributed by atoms with Crippen molar-refractivity contribution >= 4 is 11.0 Å². The molecule has 4 nitrogen and oxygen atoms in total. The van der Waals surface area contributed by atoms with E-state index in [1.807, 2.05) is 6.07 Å². The first-order valence-corrected chi connectivity index (χ1v) is 8.49. The molecule has 0 aromatic carbocycles. The second-order valence-electron chi connectivity index (χ2n) is 6.54. The summed E-state index contributed by atoms with van der Waals surface area (Å²) >= 11 is 0. The normalized spacial score (nSPS) is 11.5. The van der Waals surface area contributed by atoms with Crippen LogP contribution in [0.15, 0.2) is 24.4 Å². The molecular weight excluding hydrogens is 298 g/mol. The average molecular weight is 323 g/mol. The van der Waals surface area contributed by atoms with Crippen LogP contribution in [-0.4, -0.2) is 21.6 Å². The Hall–Kier alpha value is -2.36. The summed E-state index contributed by atoms with van der Waals surface area (Å²) in [6.45, 7) is 10.8. The summed E-state index contributed by atoms with van der Waals surface area (Å²) in [7, 11) is 1.65. The highest BCUT2D eigenvalue weighted by atomic mass is 16.5. The molecule has 4 heteroatoms. The van der Waals surface area contributed by atoms with Crippen LogP contribution >= 0.6 is 0 Å². The van der Waals surface area contributed by atoms with Crippen LogP contribution in [-0.2, 0) is 6.42 Å². The van der Waals surface area contributed by atoms with Gasteiger partial charge in [0.2, 0.25) is 5.88 Å². The molecular formula is C20H25N3O. The maximum Gasteiger partial charge on any atom is 0.213 e. The molecule has 126 valence electrons. The van der Waals surface area contributed by atoms with E-state index in [4.69, 9.17) is 9.72 Å². The van der Waals surface area contributed by atoms with Crippen molar-refractivity contribution in [3.05, 3.63) is 41.2 Å². The van der Waals surface area contributed by atoms with Crippen molar-refractivity contribution in [2.24, 2.45) is 0 Å². The average Bonchev–Trinajstić information content (AvgIpc) is 2.89. The molecule has 0 N–H and O–H groups in total. The summed E-state index contributed by atoms with van der Waals surface area (Å²) in [6, 6.07) is 6.64. The van der Waals surface area contributed by atoms with Crippen molar-refractivity contribution in [2.45, 2.75) is 47.1 Å². The second-order valence-corrected chi connectivity index (χ2v) is 6.54. The molecule has 24 heavy (non-hydrogen) atoms. The number of aryl methyl sites for hydroxylation is 3. The molecule has 0 fully saturated rings. The van der Waals surface area contributed by atoms with Gasteiger partial charge in [-0.1, -0.05) is 6.92 Å². The molecule has 0 unspecified atom stereocenters. The van der Waals surface area contributed by atoms with E-state index in [0.717, 1.165) is 28.9 Å². The molecule has 0 saturated carbocycles. The minimum atomic E-state index is 0.419. The molecule has 0 amide bonds. The SMILES string of the molecule is CCc1nc(OC)ccc1-c1nc2c(C)cn(C(C)C)c2cc1C. The lowest BCUT2D eigenvalue weighted by Crippen LogP contribution is -2.01. The number of ether oxygens (including phenoxy) is 1. The molecule has 3 heterocycles. The first-order valence-electron chi connectivity index (χ1n) is 8.49. The van der Waals surface area contributed by atoms with E-state index in [9.17, 15) is 0 Å². The van der Waals surface area contributed by atoms with Crippen molar-refractivity contribution in [1.82, 2.24) is 14.5 Å². The number of aromatic nitrogens is 3.